The third kappa shape index (κ3) is 5.11. The second-order valence-electron chi connectivity index (χ2n) is 6.38. The van der Waals surface area contributed by atoms with E-state index in [1.165, 1.54) is 23.5 Å². The molecule has 0 bridgehead atoms. The summed E-state index contributed by atoms with van der Waals surface area (Å²) in [5.41, 5.74) is 0.316. The summed E-state index contributed by atoms with van der Waals surface area (Å²) in [6.07, 6.45) is 1.72. The summed E-state index contributed by atoms with van der Waals surface area (Å²) < 4.78 is 37.8. The first-order chi connectivity index (χ1) is 12.5. The number of piperidine rings is 1. The number of halogens is 1. The molecule has 152 valence electrons. The van der Waals surface area contributed by atoms with Crippen LogP contribution in [-0.2, 0) is 14.8 Å². The van der Waals surface area contributed by atoms with Crippen LogP contribution in [0.1, 0.15) is 23.2 Å². The van der Waals surface area contributed by atoms with Crippen molar-refractivity contribution in [3.8, 4) is 5.75 Å². The van der Waals surface area contributed by atoms with Crippen LogP contribution in [0.5, 0.6) is 5.75 Å². The number of rotatable bonds is 5. The molecule has 10 heteroatoms. The summed E-state index contributed by atoms with van der Waals surface area (Å²) in [4.78, 5) is 12.6. The highest BCUT2D eigenvalue weighted by Crippen LogP contribution is 2.28. The molecule has 1 aromatic rings. The van der Waals surface area contributed by atoms with Crippen LogP contribution >= 0.6 is 12.4 Å². The third-order valence-corrected chi connectivity index (χ3v) is 6.61. The van der Waals surface area contributed by atoms with Gasteiger partial charge in [-0.2, -0.15) is 4.31 Å². The molecule has 3 rings (SSSR count). The molecule has 2 saturated heterocycles. The van der Waals surface area contributed by atoms with Crippen molar-refractivity contribution in [1.29, 1.82) is 0 Å². The molecule has 2 aliphatic rings. The molecule has 0 saturated carbocycles. The third-order valence-electron chi connectivity index (χ3n) is 4.69. The lowest BCUT2D eigenvalue weighted by Crippen LogP contribution is -2.43. The number of methoxy groups -OCH3 is 1. The van der Waals surface area contributed by atoms with E-state index in [2.05, 4.69) is 10.6 Å². The molecule has 2 fully saturated rings. The molecular formula is C17H26ClN3O5S. The van der Waals surface area contributed by atoms with Gasteiger partial charge in [0.2, 0.25) is 10.0 Å². The Morgan fingerprint density at radius 3 is 2.56 bits per heavy atom. The lowest BCUT2D eigenvalue weighted by atomic mass is 10.1. The lowest BCUT2D eigenvalue weighted by Gasteiger charge is -2.27. The Morgan fingerprint density at radius 2 is 1.93 bits per heavy atom. The van der Waals surface area contributed by atoms with Crippen molar-refractivity contribution in [2.75, 3.05) is 46.5 Å². The van der Waals surface area contributed by atoms with E-state index in [4.69, 9.17) is 9.47 Å². The number of nitrogens with one attached hydrogen (secondary N) is 2. The van der Waals surface area contributed by atoms with E-state index in [1.807, 2.05) is 0 Å². The minimum atomic E-state index is -3.76. The van der Waals surface area contributed by atoms with Gasteiger partial charge in [0, 0.05) is 24.7 Å². The van der Waals surface area contributed by atoms with Gasteiger partial charge in [-0.25, -0.2) is 8.42 Å². The normalized spacial score (nSPS) is 19.1. The van der Waals surface area contributed by atoms with Gasteiger partial charge in [-0.15, -0.1) is 12.4 Å². The predicted octanol–water partition coefficient (Wildman–Crippen LogP) is 0.620. The lowest BCUT2D eigenvalue weighted by molar-refractivity contribution is 0.0729. The van der Waals surface area contributed by atoms with Crippen LogP contribution in [-0.4, -0.2) is 71.2 Å². The van der Waals surface area contributed by atoms with Crippen molar-refractivity contribution in [2.24, 2.45) is 0 Å². The minimum Gasteiger partial charge on any atom is -0.495 e. The van der Waals surface area contributed by atoms with E-state index in [0.717, 1.165) is 25.9 Å². The molecule has 0 atom stereocenters. The Labute approximate surface area is 166 Å². The molecule has 0 aromatic heterocycles. The molecule has 0 spiro atoms. The number of sulfonamides is 1. The number of benzene rings is 1. The van der Waals surface area contributed by atoms with Crippen LogP contribution in [0, 0.1) is 0 Å². The summed E-state index contributed by atoms with van der Waals surface area (Å²) >= 11 is 0. The van der Waals surface area contributed by atoms with Crippen LogP contribution < -0.4 is 15.4 Å². The Balaban J connectivity index is 0.00000261. The van der Waals surface area contributed by atoms with Gasteiger partial charge >= 0.3 is 0 Å². The van der Waals surface area contributed by atoms with E-state index >= 15 is 0 Å². The van der Waals surface area contributed by atoms with Crippen LogP contribution in [0.25, 0.3) is 0 Å². The zero-order chi connectivity index (χ0) is 18.6. The highest BCUT2D eigenvalue weighted by atomic mass is 35.5. The minimum absolute atomic E-state index is 0. The van der Waals surface area contributed by atoms with Crippen molar-refractivity contribution in [3.63, 3.8) is 0 Å². The van der Waals surface area contributed by atoms with Crippen LogP contribution in [0.2, 0.25) is 0 Å². The standard InChI is InChI=1S/C17H25N3O5S.ClH/c1-24-15-3-2-13(17(21)19-14-4-6-18-7-5-14)12-16(15)26(22,23)20-8-10-25-11-9-20;/h2-3,12,14,18H,4-11H2,1H3,(H,19,21);1H. The fourth-order valence-electron chi connectivity index (χ4n) is 3.18. The second kappa shape index (κ2) is 9.70. The van der Waals surface area contributed by atoms with Gasteiger partial charge in [-0.05, 0) is 44.1 Å². The number of morpholine rings is 1. The van der Waals surface area contributed by atoms with Gasteiger partial charge in [-0.1, -0.05) is 0 Å². The highest BCUT2D eigenvalue weighted by molar-refractivity contribution is 7.89. The maximum atomic E-state index is 13.0. The number of hydrogen-bond acceptors (Lipinski definition) is 6. The number of amides is 1. The van der Waals surface area contributed by atoms with Crippen molar-refractivity contribution in [2.45, 2.75) is 23.8 Å². The second-order valence-corrected chi connectivity index (χ2v) is 8.29. The first-order valence-electron chi connectivity index (χ1n) is 8.80. The fourth-order valence-corrected chi connectivity index (χ4v) is 4.77. The molecule has 2 aliphatic heterocycles. The molecule has 1 amide bonds. The summed E-state index contributed by atoms with van der Waals surface area (Å²) in [6.45, 7) is 3.03. The molecule has 0 aliphatic carbocycles. The molecular weight excluding hydrogens is 394 g/mol. The molecule has 0 radical (unpaired) electrons. The van der Waals surface area contributed by atoms with Crippen molar-refractivity contribution < 1.29 is 22.7 Å². The molecule has 1 aromatic carbocycles. The van der Waals surface area contributed by atoms with Gasteiger partial charge in [0.1, 0.15) is 10.6 Å². The quantitative estimate of drug-likeness (QED) is 0.726. The van der Waals surface area contributed by atoms with E-state index in [1.54, 1.807) is 6.07 Å². The zero-order valence-corrected chi connectivity index (χ0v) is 16.9. The maximum Gasteiger partial charge on any atom is 0.251 e. The van der Waals surface area contributed by atoms with Crippen LogP contribution in [0.4, 0.5) is 0 Å². The van der Waals surface area contributed by atoms with Crippen molar-refractivity contribution >= 4 is 28.3 Å². The number of ether oxygens (including phenoxy) is 2. The highest BCUT2D eigenvalue weighted by Gasteiger charge is 2.30. The first-order valence-corrected chi connectivity index (χ1v) is 10.2. The topological polar surface area (TPSA) is 97.0 Å². The van der Waals surface area contributed by atoms with E-state index < -0.39 is 10.0 Å². The SMILES string of the molecule is COc1ccc(C(=O)NC2CCNCC2)cc1S(=O)(=O)N1CCOCC1.Cl. The van der Waals surface area contributed by atoms with Crippen molar-refractivity contribution in [1.82, 2.24) is 14.9 Å². The predicted molar refractivity (Wildman–Crippen MR) is 103 cm³/mol. The smallest absolute Gasteiger partial charge is 0.251 e. The monoisotopic (exact) mass is 419 g/mol. The van der Waals surface area contributed by atoms with Gasteiger partial charge in [0.05, 0.1) is 20.3 Å². The van der Waals surface area contributed by atoms with Crippen LogP contribution in [0.3, 0.4) is 0 Å². The maximum absolute atomic E-state index is 13.0. The summed E-state index contributed by atoms with van der Waals surface area (Å²) in [7, 11) is -2.34. The van der Waals surface area contributed by atoms with E-state index in [9.17, 15) is 13.2 Å². The summed E-state index contributed by atoms with van der Waals surface area (Å²) in [5.74, 6) is -0.0344. The van der Waals surface area contributed by atoms with E-state index in [0.29, 0.717) is 18.8 Å². The van der Waals surface area contributed by atoms with Gasteiger partial charge < -0.3 is 20.1 Å². The zero-order valence-electron chi connectivity index (χ0n) is 15.3. The average Bonchev–Trinajstić information content (AvgIpc) is 2.69. The number of carbonyl (C=O) groups is 1. The largest absolute Gasteiger partial charge is 0.495 e. The Kier molecular flexibility index (Phi) is 7.87. The summed E-state index contributed by atoms with van der Waals surface area (Å²) in [5, 5.41) is 6.23. The van der Waals surface area contributed by atoms with Crippen LogP contribution in [0.15, 0.2) is 23.1 Å². The molecule has 8 nitrogen and oxygen atoms in total. The fraction of sp³-hybridized carbons (Fsp3) is 0.588. The summed E-state index contributed by atoms with van der Waals surface area (Å²) in [6, 6.07) is 4.63. The molecule has 0 unspecified atom stereocenters. The van der Waals surface area contributed by atoms with Gasteiger partial charge in [0.25, 0.3) is 5.91 Å². The Morgan fingerprint density at radius 1 is 1.26 bits per heavy atom. The molecule has 2 N–H and O–H groups in total. The van der Waals surface area contributed by atoms with Gasteiger partial charge in [-0.3, -0.25) is 4.79 Å². The molecule has 27 heavy (non-hydrogen) atoms. The number of carbonyl (C=O) groups excluding carboxylic acids is 1. The van der Waals surface area contributed by atoms with Crippen molar-refractivity contribution in [3.05, 3.63) is 23.8 Å². The average molecular weight is 420 g/mol. The van der Waals surface area contributed by atoms with Gasteiger partial charge in [0.15, 0.2) is 0 Å². The number of hydrogen-bond donors (Lipinski definition) is 2. The Bertz CT molecular complexity index is 747. The van der Waals surface area contributed by atoms with E-state index in [-0.39, 0.29) is 48.1 Å². The molecule has 2 heterocycles. The number of nitrogens with zero attached hydrogens (tertiary/aromatic N) is 1. The Hall–Kier alpha value is -1.39. The first kappa shape index (κ1) is 21.9.